The molecule has 1 saturated heterocycles. The van der Waals surface area contributed by atoms with Crippen LogP contribution in [0, 0.1) is 11.7 Å². The van der Waals surface area contributed by atoms with Gasteiger partial charge in [0.2, 0.25) is 0 Å². The van der Waals surface area contributed by atoms with Gasteiger partial charge in [0.15, 0.2) is 5.50 Å². The van der Waals surface area contributed by atoms with Crippen LogP contribution in [-0.2, 0) is 11.4 Å². The summed E-state index contributed by atoms with van der Waals surface area (Å²) >= 11 is 5.19. The summed E-state index contributed by atoms with van der Waals surface area (Å²) in [6.45, 7) is 2.61. The number of nitrogens with one attached hydrogen (secondary N) is 1. The van der Waals surface area contributed by atoms with E-state index < -0.39 is 0 Å². The van der Waals surface area contributed by atoms with E-state index in [1.807, 2.05) is 54.6 Å². The second kappa shape index (κ2) is 11.7. The fraction of sp³-hybridized carbons (Fsp3) is 0.300. The van der Waals surface area contributed by atoms with E-state index in [1.165, 1.54) is 18.6 Å². The van der Waals surface area contributed by atoms with Gasteiger partial charge in [0.1, 0.15) is 18.2 Å². The van der Waals surface area contributed by atoms with Gasteiger partial charge in [-0.15, -0.1) is 0 Å². The number of anilines is 1. The van der Waals surface area contributed by atoms with Crippen molar-refractivity contribution in [2.24, 2.45) is 5.92 Å². The molecular formula is C30H30BrFN2O2S. The van der Waals surface area contributed by atoms with E-state index in [2.05, 4.69) is 33.1 Å². The summed E-state index contributed by atoms with van der Waals surface area (Å²) in [6.07, 6.45) is 6.55. The maximum absolute atomic E-state index is 13.7. The van der Waals surface area contributed by atoms with E-state index in [0.29, 0.717) is 18.3 Å². The van der Waals surface area contributed by atoms with Crippen LogP contribution in [0.15, 0.2) is 82.2 Å². The lowest BCUT2D eigenvalue weighted by molar-refractivity contribution is -0.129. The average molecular weight is 582 g/mol. The van der Waals surface area contributed by atoms with E-state index in [0.717, 1.165) is 45.5 Å². The van der Waals surface area contributed by atoms with E-state index in [-0.39, 0.29) is 23.3 Å². The summed E-state index contributed by atoms with van der Waals surface area (Å²) in [5.74, 6) is 0.992. The maximum Gasteiger partial charge on any atom is 0.262 e. The number of halogens is 2. The first-order valence-electron chi connectivity index (χ1n) is 12.7. The second-order valence-corrected chi connectivity index (χ2v) is 11.6. The highest BCUT2D eigenvalue weighted by Crippen LogP contribution is 2.42. The van der Waals surface area contributed by atoms with Gasteiger partial charge in [0.05, 0.1) is 9.38 Å². The van der Waals surface area contributed by atoms with E-state index in [9.17, 15) is 9.18 Å². The number of benzene rings is 3. The molecule has 1 aliphatic heterocycles. The minimum absolute atomic E-state index is 0.0879. The third-order valence-corrected chi connectivity index (χ3v) is 8.72. The smallest absolute Gasteiger partial charge is 0.262 e. The molecule has 1 N–H and O–H groups in total. The van der Waals surface area contributed by atoms with Crippen molar-refractivity contribution >= 4 is 45.4 Å². The van der Waals surface area contributed by atoms with Gasteiger partial charge in [-0.1, -0.05) is 67.9 Å². The Morgan fingerprint density at radius 1 is 1.08 bits per heavy atom. The van der Waals surface area contributed by atoms with Gasteiger partial charge in [-0.3, -0.25) is 4.79 Å². The Morgan fingerprint density at radius 2 is 1.84 bits per heavy atom. The lowest BCUT2D eigenvalue weighted by Crippen LogP contribution is -2.48. The van der Waals surface area contributed by atoms with Crippen LogP contribution in [0.2, 0.25) is 0 Å². The Hall–Kier alpha value is -2.77. The second-order valence-electron chi connectivity index (χ2n) is 9.64. The summed E-state index contributed by atoms with van der Waals surface area (Å²) in [7, 11) is 0. The molecule has 1 heterocycles. The summed E-state index contributed by atoms with van der Waals surface area (Å²) in [4.78, 5) is 16.5. The van der Waals surface area contributed by atoms with Crippen LogP contribution in [0.3, 0.4) is 0 Å². The van der Waals surface area contributed by atoms with Gasteiger partial charge in [0.25, 0.3) is 5.91 Å². The van der Waals surface area contributed by atoms with Crippen LogP contribution in [0.5, 0.6) is 5.75 Å². The normalized spacial score (nSPS) is 22.9. The molecule has 5 rings (SSSR count). The number of carbonyl (C=O) groups excluding carboxylic acids is 1. The molecule has 2 aliphatic rings. The maximum atomic E-state index is 13.7. The Bertz CT molecular complexity index is 1270. The Kier molecular flexibility index (Phi) is 8.20. The van der Waals surface area contributed by atoms with Gasteiger partial charge < -0.3 is 15.0 Å². The number of carbonyl (C=O) groups is 1. The molecule has 4 nitrogen and oxygen atoms in total. The van der Waals surface area contributed by atoms with Crippen molar-refractivity contribution in [3.63, 3.8) is 0 Å². The van der Waals surface area contributed by atoms with Crippen molar-refractivity contribution in [3.05, 3.63) is 99.1 Å². The predicted molar refractivity (Wildman–Crippen MR) is 153 cm³/mol. The van der Waals surface area contributed by atoms with Crippen LogP contribution >= 0.6 is 27.7 Å². The number of amides is 1. The molecule has 3 aromatic carbocycles. The fourth-order valence-electron chi connectivity index (χ4n) is 4.98. The van der Waals surface area contributed by atoms with Crippen LogP contribution in [-0.4, -0.2) is 22.3 Å². The first-order chi connectivity index (χ1) is 18.0. The molecule has 1 amide bonds. The fourth-order valence-corrected chi connectivity index (χ4v) is 6.71. The van der Waals surface area contributed by atoms with Crippen LogP contribution < -0.4 is 10.1 Å². The lowest BCUT2D eigenvalue weighted by atomic mass is 9.85. The zero-order chi connectivity index (χ0) is 25.8. The summed E-state index contributed by atoms with van der Waals surface area (Å²) in [5.41, 5.74) is 2.68. The molecule has 7 heteroatoms. The van der Waals surface area contributed by atoms with E-state index in [4.69, 9.17) is 4.74 Å². The van der Waals surface area contributed by atoms with Crippen molar-refractivity contribution in [2.75, 3.05) is 5.32 Å². The summed E-state index contributed by atoms with van der Waals surface area (Å²) < 4.78 is 19.9. The highest BCUT2D eigenvalue weighted by molar-refractivity contribution is 9.10. The van der Waals surface area contributed by atoms with Crippen LogP contribution in [0.1, 0.15) is 43.7 Å². The average Bonchev–Trinajstić information content (AvgIpc) is 3.19. The van der Waals surface area contributed by atoms with E-state index in [1.54, 1.807) is 23.9 Å². The molecule has 0 bridgehead atoms. The molecule has 1 aliphatic carbocycles. The molecule has 3 aromatic rings. The molecule has 192 valence electrons. The van der Waals surface area contributed by atoms with Crippen LogP contribution in [0.25, 0.3) is 6.08 Å². The molecule has 0 spiro atoms. The highest BCUT2D eigenvalue weighted by atomic mass is 79.9. The number of hydrogen-bond donors (Lipinski definition) is 1. The Labute approximate surface area is 230 Å². The number of hydrogen-bond acceptors (Lipinski definition) is 4. The van der Waals surface area contributed by atoms with Crippen molar-refractivity contribution < 1.29 is 13.9 Å². The molecule has 3 atom stereocenters. The zero-order valence-corrected chi connectivity index (χ0v) is 23.1. The van der Waals surface area contributed by atoms with Gasteiger partial charge in [-0.25, -0.2) is 4.39 Å². The number of para-hydroxylation sites is 1. The first kappa shape index (κ1) is 25.9. The third-order valence-electron chi connectivity index (χ3n) is 6.99. The van der Waals surface area contributed by atoms with Crippen LogP contribution in [0.4, 0.5) is 10.1 Å². The number of rotatable bonds is 7. The van der Waals surface area contributed by atoms with Crippen molar-refractivity contribution in [3.8, 4) is 5.75 Å². The SMILES string of the molecule is C[C@@H]1CCCC[C@H]1N1C(=O)/C(=C/c2ccc(OCc3ccc(F)cc3)c(Br)c2)SC1Nc1ccccc1. The van der Waals surface area contributed by atoms with E-state index >= 15 is 0 Å². The molecular weight excluding hydrogens is 551 g/mol. The molecule has 0 aromatic heterocycles. The van der Waals surface area contributed by atoms with Crippen molar-refractivity contribution in [1.29, 1.82) is 0 Å². The highest BCUT2D eigenvalue weighted by Gasteiger charge is 2.42. The zero-order valence-electron chi connectivity index (χ0n) is 20.7. The first-order valence-corrected chi connectivity index (χ1v) is 14.3. The Morgan fingerprint density at radius 3 is 2.57 bits per heavy atom. The van der Waals surface area contributed by atoms with Gasteiger partial charge in [-0.05, 0) is 88.3 Å². The topological polar surface area (TPSA) is 41.6 Å². The van der Waals surface area contributed by atoms with Gasteiger partial charge >= 0.3 is 0 Å². The summed E-state index contributed by atoms with van der Waals surface area (Å²) in [5, 5.41) is 3.59. The molecule has 1 saturated carbocycles. The molecule has 37 heavy (non-hydrogen) atoms. The largest absolute Gasteiger partial charge is 0.488 e. The predicted octanol–water partition coefficient (Wildman–Crippen LogP) is 8.06. The molecule has 1 unspecified atom stereocenters. The van der Waals surface area contributed by atoms with Gasteiger partial charge in [-0.2, -0.15) is 0 Å². The minimum Gasteiger partial charge on any atom is -0.488 e. The monoisotopic (exact) mass is 580 g/mol. The third kappa shape index (κ3) is 6.21. The van der Waals surface area contributed by atoms with Gasteiger partial charge in [0, 0.05) is 11.7 Å². The number of nitrogens with zero attached hydrogens (tertiary/aromatic N) is 1. The quantitative estimate of drug-likeness (QED) is 0.287. The lowest BCUT2D eigenvalue weighted by Gasteiger charge is -2.39. The van der Waals surface area contributed by atoms with Crippen molar-refractivity contribution in [2.45, 2.75) is 50.8 Å². The molecule has 2 fully saturated rings. The molecule has 0 radical (unpaired) electrons. The number of ether oxygens (including phenoxy) is 1. The number of thioether (sulfide) groups is 1. The van der Waals surface area contributed by atoms with Crippen molar-refractivity contribution in [1.82, 2.24) is 4.90 Å². The minimum atomic E-state index is -0.264. The Balaban J connectivity index is 1.34. The standard InChI is InChI=1S/C30H30BrFN2O2S/c1-20-7-5-6-10-26(20)34-29(35)28(37-30(34)33-24-8-3-2-4-9-24)18-22-13-16-27(25(31)17-22)36-19-21-11-14-23(32)15-12-21/h2-4,8-9,11-18,20,26,30,33H,5-7,10,19H2,1H3/b28-18-/t20-,26-,30?/m1/s1. The summed E-state index contributed by atoms with van der Waals surface area (Å²) in [6, 6.07) is 22.4.